The van der Waals surface area contributed by atoms with E-state index < -0.39 is 89.7 Å². The van der Waals surface area contributed by atoms with E-state index in [0.717, 1.165) is 62.8 Å². The number of esters is 2. The van der Waals surface area contributed by atoms with E-state index in [1.54, 1.807) is 0 Å². The Kier molecular flexibility index (Phi) is 16.4. The van der Waals surface area contributed by atoms with E-state index in [4.69, 9.17) is 30.4 Å². The number of ether oxygens (including phenoxy) is 6. The molecule has 0 radical (unpaired) electrons. The highest BCUT2D eigenvalue weighted by atomic mass is 19.3. The van der Waals surface area contributed by atoms with Crippen LogP contribution in [0.2, 0.25) is 0 Å². The van der Waals surface area contributed by atoms with Gasteiger partial charge in [0.15, 0.2) is 28.8 Å². The smallest absolute Gasteiger partial charge is 0.461 e. The number of halogens is 8. The first-order chi connectivity index (χ1) is 32.4. The molecule has 0 aliphatic rings. The van der Waals surface area contributed by atoms with Crippen molar-refractivity contribution < 1.29 is 92.9 Å². The van der Waals surface area contributed by atoms with Gasteiger partial charge in [0.2, 0.25) is 11.6 Å². The Labute approximate surface area is 385 Å². The third kappa shape index (κ3) is 13.4. The molecule has 0 spiro atoms. The summed E-state index contributed by atoms with van der Waals surface area (Å²) in [6.45, 7) is 0. The van der Waals surface area contributed by atoms with Crippen LogP contribution in [0.4, 0.5) is 46.5 Å². The molecule has 14 nitrogen and oxygen atoms in total. The number of hydrogen-bond acceptors (Lipinski definition) is 14. The predicted octanol–water partition coefficient (Wildman–Crippen LogP) is 8.50. The molecule has 364 valence electrons. The van der Waals surface area contributed by atoms with Crippen LogP contribution in [0.25, 0.3) is 12.2 Å². The summed E-state index contributed by atoms with van der Waals surface area (Å²) in [5.74, 6) is -11.4. The minimum atomic E-state index is -4.84. The van der Waals surface area contributed by atoms with Gasteiger partial charge >= 0.3 is 37.0 Å². The number of nitrogen functional groups attached to an aromatic ring is 2. The number of benzene rings is 5. The first-order valence-electron chi connectivity index (χ1n) is 19.7. The lowest BCUT2D eigenvalue weighted by Crippen LogP contribution is -2.44. The van der Waals surface area contributed by atoms with Gasteiger partial charge in [-0.1, -0.05) is 42.5 Å². The summed E-state index contributed by atoms with van der Waals surface area (Å²) in [6.07, 6.45) is -14.2. The zero-order valence-corrected chi connectivity index (χ0v) is 35.7. The van der Waals surface area contributed by atoms with Crippen LogP contribution in [-0.4, -0.2) is 78.8 Å². The number of carbonyl (C=O) groups excluding carboxylic acids is 4. The zero-order valence-electron chi connectivity index (χ0n) is 35.7. The van der Waals surface area contributed by atoms with Crippen LogP contribution in [0.15, 0.2) is 115 Å². The van der Waals surface area contributed by atoms with Crippen molar-refractivity contribution in [1.82, 2.24) is 0 Å². The van der Waals surface area contributed by atoms with Crippen LogP contribution in [0.5, 0.6) is 34.5 Å². The number of hydrogen-bond donors (Lipinski definition) is 4. The van der Waals surface area contributed by atoms with E-state index >= 15 is 0 Å². The summed E-state index contributed by atoms with van der Waals surface area (Å²) < 4.78 is 133. The molecule has 69 heavy (non-hydrogen) atoms. The fourth-order valence-electron chi connectivity index (χ4n) is 6.07. The Bertz CT molecular complexity index is 2730. The molecule has 5 rings (SSSR count). The molecular formula is C47H38F8N2O12. The maximum Gasteiger partial charge on any atom is 0.461 e. The third-order valence-corrected chi connectivity index (χ3v) is 9.61. The van der Waals surface area contributed by atoms with E-state index in [1.165, 1.54) is 78.9 Å². The maximum atomic E-state index is 13.4. The van der Waals surface area contributed by atoms with Crippen LogP contribution in [-0.2, 0) is 9.59 Å². The number of rotatable bonds is 21. The highest BCUT2D eigenvalue weighted by molar-refractivity contribution is 6.01. The number of carbonyl (C=O) groups is 4. The summed E-state index contributed by atoms with van der Waals surface area (Å²) in [5, 5.41) is 22.6. The SMILES string of the molecule is COc1cc(C(=O)Oc2ccc(C=CC(=O)CC(c3ccc(N)cc3N)C(O)(O)C(=O)C=Cc3ccc(OC(=O)c4ccc(OC(F)(F)C(F)F)c(OC)c4)cc3)cc2)ccc1OC(F)(F)C(F)F. The van der Waals surface area contributed by atoms with E-state index in [9.17, 15) is 64.5 Å². The highest BCUT2D eigenvalue weighted by Gasteiger charge is 2.46. The van der Waals surface area contributed by atoms with Crippen LogP contribution in [0.3, 0.4) is 0 Å². The van der Waals surface area contributed by atoms with Crippen LogP contribution < -0.4 is 39.9 Å². The van der Waals surface area contributed by atoms with E-state index in [0.29, 0.717) is 5.56 Å². The summed E-state index contributed by atoms with van der Waals surface area (Å²) in [5.41, 5.74) is 12.3. The minimum Gasteiger partial charge on any atom is -0.493 e. The Morgan fingerprint density at radius 1 is 0.594 bits per heavy atom. The Morgan fingerprint density at radius 2 is 1.03 bits per heavy atom. The van der Waals surface area contributed by atoms with Crippen molar-refractivity contribution in [3.63, 3.8) is 0 Å². The van der Waals surface area contributed by atoms with Gasteiger partial charge in [0.25, 0.3) is 0 Å². The van der Waals surface area contributed by atoms with E-state index in [-0.39, 0.29) is 45.1 Å². The maximum absolute atomic E-state index is 13.4. The standard InChI is InChI=1S/C47H38F8N2O12/c1-64-38-21-27(9-18-36(38)68-46(52,53)43(48)49)41(60)66-31-13-4-25(5-14-31)3-12-30(58)24-34(33-17-11-29(56)23-35(33)57)45(62,63)40(59)20-8-26-6-15-32(16-7-26)67-42(61)28-10-19-37(39(22-28)65-2)69-47(54,55)44(50)51/h3-23,34,43-44,62-63H,24,56-57H2,1-2H3. The molecular weight excluding hydrogens is 937 g/mol. The van der Waals surface area contributed by atoms with Gasteiger partial charge in [-0.05, 0) is 102 Å². The molecule has 0 saturated carbocycles. The summed E-state index contributed by atoms with van der Waals surface area (Å²) in [4.78, 5) is 52.3. The fourth-order valence-corrected chi connectivity index (χ4v) is 6.07. The first kappa shape index (κ1) is 52.0. The lowest BCUT2D eigenvalue weighted by Gasteiger charge is -2.30. The van der Waals surface area contributed by atoms with Gasteiger partial charge in [0, 0.05) is 17.8 Å². The molecule has 6 N–H and O–H groups in total. The van der Waals surface area contributed by atoms with Crippen molar-refractivity contribution in [2.24, 2.45) is 0 Å². The minimum absolute atomic E-state index is 0.00759. The summed E-state index contributed by atoms with van der Waals surface area (Å²) in [7, 11) is 2.06. The van der Waals surface area contributed by atoms with Crippen molar-refractivity contribution in [1.29, 1.82) is 0 Å². The number of anilines is 2. The monoisotopic (exact) mass is 974 g/mol. The Morgan fingerprint density at radius 3 is 1.43 bits per heavy atom. The largest absolute Gasteiger partial charge is 0.493 e. The molecule has 0 aromatic heterocycles. The zero-order chi connectivity index (χ0) is 50.8. The molecule has 0 heterocycles. The summed E-state index contributed by atoms with van der Waals surface area (Å²) in [6, 6.07) is 20.3. The molecule has 1 unspecified atom stereocenters. The lowest BCUT2D eigenvalue weighted by atomic mass is 9.82. The first-order valence-corrected chi connectivity index (χ1v) is 19.7. The number of methoxy groups -OCH3 is 2. The normalized spacial score (nSPS) is 12.6. The second-order valence-corrected chi connectivity index (χ2v) is 14.4. The van der Waals surface area contributed by atoms with Gasteiger partial charge in [0.1, 0.15) is 11.5 Å². The van der Waals surface area contributed by atoms with Crippen LogP contribution in [0.1, 0.15) is 49.7 Å². The van der Waals surface area contributed by atoms with Gasteiger partial charge in [-0.3, -0.25) is 9.59 Å². The van der Waals surface area contributed by atoms with Crippen molar-refractivity contribution in [3.05, 3.63) is 143 Å². The molecule has 5 aromatic rings. The number of ketones is 2. The topological polar surface area (TPSA) is 216 Å². The van der Waals surface area contributed by atoms with Crippen LogP contribution in [0, 0.1) is 0 Å². The van der Waals surface area contributed by atoms with Gasteiger partial charge in [0.05, 0.1) is 31.3 Å². The van der Waals surface area contributed by atoms with Crippen molar-refractivity contribution in [2.75, 3.05) is 25.7 Å². The summed E-state index contributed by atoms with van der Waals surface area (Å²) >= 11 is 0. The Hall–Kier alpha value is -7.98. The van der Waals surface area contributed by atoms with Crippen molar-refractivity contribution in [2.45, 2.75) is 43.2 Å². The van der Waals surface area contributed by atoms with Crippen molar-refractivity contribution >= 4 is 47.0 Å². The average molecular weight is 975 g/mol. The van der Waals surface area contributed by atoms with Crippen molar-refractivity contribution in [3.8, 4) is 34.5 Å². The molecule has 0 fully saturated rings. The molecule has 5 aromatic carbocycles. The lowest BCUT2D eigenvalue weighted by molar-refractivity contribution is -0.253. The molecule has 0 bridgehead atoms. The van der Waals surface area contributed by atoms with Gasteiger partial charge in [-0.2, -0.15) is 35.1 Å². The molecule has 1 atom stereocenters. The second kappa shape index (κ2) is 21.8. The average Bonchev–Trinajstić information content (AvgIpc) is 3.30. The van der Waals surface area contributed by atoms with Crippen LogP contribution >= 0.6 is 0 Å². The third-order valence-electron chi connectivity index (χ3n) is 9.61. The second-order valence-electron chi connectivity index (χ2n) is 14.4. The quantitative estimate of drug-likeness (QED) is 0.0136. The molecule has 0 aliphatic carbocycles. The predicted molar refractivity (Wildman–Crippen MR) is 230 cm³/mol. The number of nitrogens with two attached hydrogens (primary N) is 2. The van der Waals surface area contributed by atoms with E-state index in [1.807, 2.05) is 0 Å². The molecule has 0 amide bonds. The number of aliphatic hydroxyl groups is 2. The number of alkyl halides is 8. The number of allylic oxidation sites excluding steroid dienone is 1. The Balaban J connectivity index is 1.24. The highest BCUT2D eigenvalue weighted by Crippen LogP contribution is 2.38. The molecule has 0 saturated heterocycles. The van der Waals surface area contributed by atoms with E-state index in [2.05, 4.69) is 9.47 Å². The molecule has 0 aliphatic heterocycles. The fraction of sp³-hybridized carbons (Fsp3) is 0.191. The van der Waals surface area contributed by atoms with Gasteiger partial charge < -0.3 is 50.1 Å². The van der Waals surface area contributed by atoms with Gasteiger partial charge in [-0.15, -0.1) is 0 Å². The van der Waals surface area contributed by atoms with Gasteiger partial charge in [-0.25, -0.2) is 9.59 Å². The molecule has 22 heteroatoms.